The Morgan fingerprint density at radius 2 is 2.10 bits per heavy atom. The van der Waals surface area contributed by atoms with Crippen LogP contribution >= 0.6 is 12.2 Å². The Kier molecular flexibility index (Phi) is 4.68. The van der Waals surface area contributed by atoms with Crippen molar-refractivity contribution in [2.24, 2.45) is 0 Å². The average molecular weight is 289 g/mol. The summed E-state index contributed by atoms with van der Waals surface area (Å²) in [5.41, 5.74) is 2.20. The first-order valence-corrected chi connectivity index (χ1v) is 7.00. The quantitative estimate of drug-likeness (QED) is 0.874. The predicted molar refractivity (Wildman–Crippen MR) is 83.8 cm³/mol. The van der Waals surface area contributed by atoms with E-state index in [9.17, 15) is 0 Å². The molecule has 0 unspecified atom stereocenters. The molecule has 1 aromatic heterocycles. The van der Waals surface area contributed by atoms with E-state index in [0.717, 1.165) is 17.3 Å². The molecule has 0 saturated heterocycles. The van der Waals surface area contributed by atoms with Crippen molar-refractivity contribution >= 4 is 17.3 Å². The van der Waals surface area contributed by atoms with Crippen molar-refractivity contribution < 1.29 is 0 Å². The molecule has 2 rings (SSSR count). The Balaban J connectivity index is 2.11. The van der Waals surface area contributed by atoms with Gasteiger partial charge < -0.3 is 10.2 Å². The molecule has 0 aliphatic rings. The molecule has 0 amide bonds. The van der Waals surface area contributed by atoms with E-state index >= 15 is 0 Å². The number of hydrogen-bond acceptors (Lipinski definition) is 3. The van der Waals surface area contributed by atoms with Gasteiger partial charge in [-0.15, -0.1) is 0 Å². The second kappa shape index (κ2) is 6.47. The SMILES string of the molecule is CCNC(=S)N(C)[C@@H](C)c1ccc(-n2cncn2)cc1. The molecule has 0 fully saturated rings. The third kappa shape index (κ3) is 3.14. The van der Waals surface area contributed by atoms with Gasteiger partial charge in [0.2, 0.25) is 0 Å². The minimum Gasteiger partial charge on any atom is -0.363 e. The summed E-state index contributed by atoms with van der Waals surface area (Å²) >= 11 is 5.34. The molecule has 0 aliphatic heterocycles. The summed E-state index contributed by atoms with van der Waals surface area (Å²) in [6.07, 6.45) is 3.21. The van der Waals surface area contributed by atoms with Crippen LogP contribution in [0.3, 0.4) is 0 Å². The van der Waals surface area contributed by atoms with Gasteiger partial charge in [0, 0.05) is 13.6 Å². The number of rotatable bonds is 4. The highest BCUT2D eigenvalue weighted by molar-refractivity contribution is 7.80. The molecule has 1 heterocycles. The molecule has 1 atom stereocenters. The lowest BCUT2D eigenvalue weighted by atomic mass is 10.1. The Morgan fingerprint density at radius 1 is 1.40 bits per heavy atom. The maximum absolute atomic E-state index is 5.34. The number of nitrogens with one attached hydrogen (secondary N) is 1. The van der Waals surface area contributed by atoms with Gasteiger partial charge in [-0.3, -0.25) is 0 Å². The maximum atomic E-state index is 5.34. The highest BCUT2D eigenvalue weighted by atomic mass is 32.1. The Morgan fingerprint density at radius 3 is 2.65 bits per heavy atom. The first-order valence-electron chi connectivity index (χ1n) is 6.59. The molecule has 0 spiro atoms. The zero-order valence-electron chi connectivity index (χ0n) is 11.9. The molecule has 0 saturated carbocycles. The minimum atomic E-state index is 0.214. The van der Waals surface area contributed by atoms with Gasteiger partial charge in [-0.1, -0.05) is 12.1 Å². The van der Waals surface area contributed by atoms with E-state index in [1.54, 1.807) is 11.0 Å². The number of aromatic nitrogens is 3. The topological polar surface area (TPSA) is 46.0 Å². The van der Waals surface area contributed by atoms with Gasteiger partial charge in [0.1, 0.15) is 12.7 Å². The van der Waals surface area contributed by atoms with Crippen LogP contribution in [-0.2, 0) is 0 Å². The van der Waals surface area contributed by atoms with Crippen LogP contribution in [0.4, 0.5) is 0 Å². The average Bonchev–Trinajstić information content (AvgIpc) is 3.00. The van der Waals surface area contributed by atoms with Crippen molar-refractivity contribution in [2.75, 3.05) is 13.6 Å². The van der Waals surface area contributed by atoms with Crippen LogP contribution in [0.5, 0.6) is 0 Å². The molecule has 1 aromatic carbocycles. The fraction of sp³-hybridized carbons (Fsp3) is 0.357. The number of hydrogen-bond donors (Lipinski definition) is 1. The molecule has 0 radical (unpaired) electrons. The molecule has 20 heavy (non-hydrogen) atoms. The van der Waals surface area contributed by atoms with Crippen LogP contribution in [0.15, 0.2) is 36.9 Å². The van der Waals surface area contributed by atoms with Crippen LogP contribution in [0.2, 0.25) is 0 Å². The van der Waals surface area contributed by atoms with E-state index in [1.165, 1.54) is 11.9 Å². The Hall–Kier alpha value is -1.95. The summed E-state index contributed by atoms with van der Waals surface area (Å²) in [5, 5.41) is 8.04. The first kappa shape index (κ1) is 14.5. The molecule has 6 heteroatoms. The van der Waals surface area contributed by atoms with Gasteiger partial charge in [0.25, 0.3) is 0 Å². The van der Waals surface area contributed by atoms with Gasteiger partial charge in [0.15, 0.2) is 5.11 Å². The molecule has 0 bridgehead atoms. The summed E-state index contributed by atoms with van der Waals surface area (Å²) in [4.78, 5) is 6.01. The fourth-order valence-electron chi connectivity index (χ4n) is 1.92. The van der Waals surface area contributed by atoms with Crippen LogP contribution in [0, 0.1) is 0 Å². The summed E-state index contributed by atoms with van der Waals surface area (Å²) in [6, 6.07) is 8.46. The summed E-state index contributed by atoms with van der Waals surface area (Å²) in [5.74, 6) is 0. The van der Waals surface area contributed by atoms with Crippen LogP contribution < -0.4 is 5.32 Å². The van der Waals surface area contributed by atoms with E-state index in [2.05, 4.69) is 39.4 Å². The molecule has 2 aromatic rings. The smallest absolute Gasteiger partial charge is 0.169 e. The Bertz CT molecular complexity index is 549. The predicted octanol–water partition coefficient (Wildman–Crippen LogP) is 2.15. The van der Waals surface area contributed by atoms with E-state index < -0.39 is 0 Å². The van der Waals surface area contributed by atoms with Crippen molar-refractivity contribution in [3.63, 3.8) is 0 Å². The van der Waals surface area contributed by atoms with Crippen LogP contribution in [0.1, 0.15) is 25.5 Å². The monoisotopic (exact) mass is 289 g/mol. The van der Waals surface area contributed by atoms with Gasteiger partial charge in [-0.05, 0) is 43.8 Å². The maximum Gasteiger partial charge on any atom is 0.169 e. The standard InChI is InChI=1S/C14H19N5S/c1-4-16-14(20)18(3)11(2)12-5-7-13(8-6-12)19-10-15-9-17-19/h5-11H,4H2,1-3H3,(H,16,20)/t11-/m0/s1. The summed E-state index contributed by atoms with van der Waals surface area (Å²) in [6.45, 7) is 5.01. The molecule has 106 valence electrons. The molecule has 1 N–H and O–H groups in total. The van der Waals surface area contributed by atoms with E-state index in [4.69, 9.17) is 12.2 Å². The van der Waals surface area contributed by atoms with Crippen molar-refractivity contribution in [1.82, 2.24) is 25.0 Å². The molecule has 5 nitrogen and oxygen atoms in total. The summed E-state index contributed by atoms with van der Waals surface area (Å²) in [7, 11) is 2.00. The highest BCUT2D eigenvalue weighted by Gasteiger charge is 2.14. The minimum absolute atomic E-state index is 0.214. The second-order valence-electron chi connectivity index (χ2n) is 4.55. The van der Waals surface area contributed by atoms with Gasteiger partial charge in [-0.25, -0.2) is 9.67 Å². The van der Waals surface area contributed by atoms with Crippen LogP contribution in [-0.4, -0.2) is 38.4 Å². The van der Waals surface area contributed by atoms with E-state index in [-0.39, 0.29) is 6.04 Å². The largest absolute Gasteiger partial charge is 0.363 e. The lowest BCUT2D eigenvalue weighted by Gasteiger charge is -2.28. The van der Waals surface area contributed by atoms with E-state index in [0.29, 0.717) is 0 Å². The van der Waals surface area contributed by atoms with Gasteiger partial charge in [-0.2, -0.15) is 5.10 Å². The van der Waals surface area contributed by atoms with Crippen molar-refractivity contribution in [1.29, 1.82) is 0 Å². The lowest BCUT2D eigenvalue weighted by molar-refractivity contribution is 0.396. The highest BCUT2D eigenvalue weighted by Crippen LogP contribution is 2.20. The van der Waals surface area contributed by atoms with E-state index in [1.807, 2.05) is 26.1 Å². The third-order valence-electron chi connectivity index (χ3n) is 3.29. The number of nitrogens with zero attached hydrogens (tertiary/aromatic N) is 4. The van der Waals surface area contributed by atoms with Gasteiger partial charge >= 0.3 is 0 Å². The number of thiocarbonyl (C=S) groups is 1. The zero-order chi connectivity index (χ0) is 14.5. The Labute approximate surface area is 124 Å². The zero-order valence-corrected chi connectivity index (χ0v) is 12.8. The van der Waals surface area contributed by atoms with Gasteiger partial charge in [0.05, 0.1) is 11.7 Å². The van der Waals surface area contributed by atoms with Crippen molar-refractivity contribution in [3.8, 4) is 5.69 Å². The second-order valence-corrected chi connectivity index (χ2v) is 4.94. The molecular weight excluding hydrogens is 270 g/mol. The molecular formula is C14H19N5S. The number of benzene rings is 1. The van der Waals surface area contributed by atoms with Crippen LogP contribution in [0.25, 0.3) is 5.69 Å². The third-order valence-corrected chi connectivity index (χ3v) is 3.72. The summed E-state index contributed by atoms with van der Waals surface area (Å²) < 4.78 is 1.74. The lowest BCUT2D eigenvalue weighted by Crippen LogP contribution is -2.38. The normalized spacial score (nSPS) is 11.9. The van der Waals surface area contributed by atoms with Crippen molar-refractivity contribution in [2.45, 2.75) is 19.9 Å². The fourth-order valence-corrected chi connectivity index (χ4v) is 2.22. The van der Waals surface area contributed by atoms with Crippen molar-refractivity contribution in [3.05, 3.63) is 42.5 Å². The molecule has 0 aliphatic carbocycles. The first-order chi connectivity index (χ1) is 9.63.